The minimum absolute atomic E-state index is 0.0224. The first-order chi connectivity index (χ1) is 15.2. The molecule has 2 heteroatoms. The highest BCUT2D eigenvalue weighted by Crippen LogP contribution is 2.42. The number of phenolic OH excluding ortho intramolecular Hbond substituents is 2. The Kier molecular flexibility index (Phi) is 3.87. The number of hydrogen-bond acceptors (Lipinski definition) is 2. The van der Waals surface area contributed by atoms with Gasteiger partial charge in [-0.2, -0.15) is 0 Å². The molecule has 0 saturated carbocycles. The van der Waals surface area contributed by atoms with Crippen LogP contribution >= 0.6 is 0 Å². The fraction of sp³-hybridized carbons (Fsp3) is 0.0345. The predicted octanol–water partition coefficient (Wildman–Crippen LogP) is 7.18. The Bertz CT molecular complexity index is 1470. The summed E-state index contributed by atoms with van der Waals surface area (Å²) < 4.78 is 0. The van der Waals surface area contributed by atoms with Gasteiger partial charge in [0.25, 0.3) is 0 Å². The average molecular weight is 400 g/mol. The monoisotopic (exact) mass is 400 g/mol. The summed E-state index contributed by atoms with van der Waals surface area (Å²) >= 11 is 0. The van der Waals surface area contributed by atoms with Gasteiger partial charge in [0, 0.05) is 5.92 Å². The van der Waals surface area contributed by atoms with Crippen LogP contribution in [0.5, 0.6) is 11.5 Å². The topological polar surface area (TPSA) is 40.5 Å². The summed E-state index contributed by atoms with van der Waals surface area (Å²) in [4.78, 5) is 0. The van der Waals surface area contributed by atoms with Gasteiger partial charge in [-0.25, -0.2) is 0 Å². The second-order valence-corrected chi connectivity index (χ2v) is 8.13. The van der Waals surface area contributed by atoms with E-state index in [9.17, 15) is 10.2 Å². The van der Waals surface area contributed by atoms with Crippen molar-refractivity contribution in [2.75, 3.05) is 0 Å². The second kappa shape index (κ2) is 6.75. The quantitative estimate of drug-likeness (QED) is 0.244. The minimum Gasteiger partial charge on any atom is -0.508 e. The molecule has 0 atom stereocenters. The zero-order chi connectivity index (χ0) is 20.9. The van der Waals surface area contributed by atoms with Gasteiger partial charge >= 0.3 is 0 Å². The molecular weight excluding hydrogens is 380 g/mol. The number of phenols is 2. The molecule has 0 unspecified atom stereocenters. The average Bonchev–Trinajstić information content (AvgIpc) is 2.81. The van der Waals surface area contributed by atoms with Crippen molar-refractivity contribution >= 4 is 32.3 Å². The van der Waals surface area contributed by atoms with Crippen molar-refractivity contribution in [3.05, 3.63) is 120 Å². The van der Waals surface area contributed by atoms with Crippen molar-refractivity contribution in [2.24, 2.45) is 0 Å². The van der Waals surface area contributed by atoms with Gasteiger partial charge in [0.2, 0.25) is 0 Å². The molecule has 0 amide bonds. The molecule has 6 rings (SSSR count). The van der Waals surface area contributed by atoms with Gasteiger partial charge in [-0.05, 0) is 73.3 Å². The fourth-order valence-electron chi connectivity index (χ4n) is 4.89. The summed E-state index contributed by atoms with van der Waals surface area (Å²) in [6, 6.07) is 34.6. The van der Waals surface area contributed by atoms with Crippen LogP contribution in [-0.4, -0.2) is 10.2 Å². The van der Waals surface area contributed by atoms with Crippen molar-refractivity contribution < 1.29 is 10.2 Å². The van der Waals surface area contributed by atoms with Crippen molar-refractivity contribution in [2.45, 2.75) is 5.92 Å². The van der Waals surface area contributed by atoms with E-state index in [1.807, 2.05) is 24.3 Å². The maximum atomic E-state index is 9.84. The maximum Gasteiger partial charge on any atom is 0.115 e. The molecule has 0 aliphatic rings. The van der Waals surface area contributed by atoms with E-state index in [0.717, 1.165) is 11.1 Å². The van der Waals surface area contributed by atoms with Gasteiger partial charge in [0.05, 0.1) is 0 Å². The van der Waals surface area contributed by atoms with Gasteiger partial charge < -0.3 is 10.2 Å². The van der Waals surface area contributed by atoms with E-state index in [4.69, 9.17) is 0 Å². The molecule has 0 aromatic heterocycles. The Balaban J connectivity index is 1.69. The molecule has 0 heterocycles. The Morgan fingerprint density at radius 1 is 0.452 bits per heavy atom. The van der Waals surface area contributed by atoms with Crippen LogP contribution < -0.4 is 0 Å². The Labute approximate surface area is 180 Å². The number of hydrogen-bond donors (Lipinski definition) is 2. The van der Waals surface area contributed by atoms with Crippen molar-refractivity contribution in [1.29, 1.82) is 0 Å². The molecule has 0 bridgehead atoms. The van der Waals surface area contributed by atoms with Gasteiger partial charge in [-0.3, -0.25) is 0 Å². The number of benzene rings is 6. The number of rotatable bonds is 3. The maximum absolute atomic E-state index is 9.84. The lowest BCUT2D eigenvalue weighted by Gasteiger charge is -2.22. The summed E-state index contributed by atoms with van der Waals surface area (Å²) in [6.07, 6.45) is 0. The van der Waals surface area contributed by atoms with E-state index in [1.165, 1.54) is 37.9 Å². The van der Waals surface area contributed by atoms with E-state index in [2.05, 4.69) is 54.6 Å². The lowest BCUT2D eigenvalue weighted by Crippen LogP contribution is -2.04. The summed E-state index contributed by atoms with van der Waals surface area (Å²) in [7, 11) is 0. The standard InChI is InChI=1S/C29H20O2/c30-23-12-6-20(7-13-23)27(21-8-14-24(31)15-9-21)25-16-11-22-5-4-18-2-1-3-19-10-17-26(25)29(22)28(18)19/h1-17,27,30-31H. The third kappa shape index (κ3) is 2.80. The summed E-state index contributed by atoms with van der Waals surface area (Å²) in [5.41, 5.74) is 3.40. The second-order valence-electron chi connectivity index (χ2n) is 8.13. The zero-order valence-electron chi connectivity index (χ0n) is 16.8. The normalized spacial score (nSPS) is 11.8. The van der Waals surface area contributed by atoms with Crippen LogP contribution in [-0.2, 0) is 0 Å². The molecule has 0 aliphatic heterocycles. The molecular formula is C29H20O2. The molecule has 148 valence electrons. The van der Waals surface area contributed by atoms with Crippen LogP contribution in [0.1, 0.15) is 22.6 Å². The molecule has 6 aromatic carbocycles. The largest absolute Gasteiger partial charge is 0.508 e. The van der Waals surface area contributed by atoms with E-state index < -0.39 is 0 Å². The summed E-state index contributed by atoms with van der Waals surface area (Å²) in [5.74, 6) is 0.484. The van der Waals surface area contributed by atoms with Crippen LogP contribution in [0, 0.1) is 0 Å². The number of aromatic hydroxyl groups is 2. The highest BCUT2D eigenvalue weighted by molar-refractivity contribution is 6.23. The van der Waals surface area contributed by atoms with Gasteiger partial charge in [0.15, 0.2) is 0 Å². The third-order valence-corrected chi connectivity index (χ3v) is 6.33. The van der Waals surface area contributed by atoms with Gasteiger partial charge in [0.1, 0.15) is 11.5 Å². The molecule has 2 N–H and O–H groups in total. The Hall–Kier alpha value is -4.04. The Morgan fingerprint density at radius 2 is 0.935 bits per heavy atom. The first kappa shape index (κ1) is 17.8. The highest BCUT2D eigenvalue weighted by atomic mass is 16.3. The van der Waals surface area contributed by atoms with Crippen LogP contribution in [0.25, 0.3) is 32.3 Å². The van der Waals surface area contributed by atoms with Gasteiger partial charge in [-0.1, -0.05) is 78.9 Å². The minimum atomic E-state index is -0.0224. The molecule has 0 spiro atoms. The Morgan fingerprint density at radius 3 is 1.52 bits per heavy atom. The summed E-state index contributed by atoms with van der Waals surface area (Å²) in [5, 5.41) is 27.2. The highest BCUT2D eigenvalue weighted by Gasteiger charge is 2.21. The first-order valence-corrected chi connectivity index (χ1v) is 10.4. The summed E-state index contributed by atoms with van der Waals surface area (Å²) in [6.45, 7) is 0. The molecule has 31 heavy (non-hydrogen) atoms. The first-order valence-electron chi connectivity index (χ1n) is 10.4. The van der Waals surface area contributed by atoms with Crippen LogP contribution in [0.2, 0.25) is 0 Å². The SMILES string of the molecule is Oc1ccc(C(c2ccc(O)cc2)c2ccc3ccc4cccc5ccc2c3c45)cc1. The van der Waals surface area contributed by atoms with Crippen LogP contribution in [0.15, 0.2) is 103 Å². The molecule has 0 aliphatic carbocycles. The molecule has 0 radical (unpaired) electrons. The van der Waals surface area contributed by atoms with Crippen LogP contribution in [0.4, 0.5) is 0 Å². The lowest BCUT2D eigenvalue weighted by molar-refractivity contribution is 0.475. The molecule has 2 nitrogen and oxygen atoms in total. The third-order valence-electron chi connectivity index (χ3n) is 6.33. The molecule has 6 aromatic rings. The lowest BCUT2D eigenvalue weighted by atomic mass is 9.81. The van der Waals surface area contributed by atoms with Crippen molar-refractivity contribution in [1.82, 2.24) is 0 Å². The fourth-order valence-corrected chi connectivity index (χ4v) is 4.89. The van der Waals surface area contributed by atoms with Gasteiger partial charge in [-0.15, -0.1) is 0 Å². The van der Waals surface area contributed by atoms with Crippen molar-refractivity contribution in [3.8, 4) is 11.5 Å². The van der Waals surface area contributed by atoms with E-state index in [1.54, 1.807) is 24.3 Å². The molecule has 0 fully saturated rings. The predicted molar refractivity (Wildman–Crippen MR) is 127 cm³/mol. The van der Waals surface area contributed by atoms with E-state index in [0.29, 0.717) is 0 Å². The van der Waals surface area contributed by atoms with Crippen LogP contribution in [0.3, 0.4) is 0 Å². The van der Waals surface area contributed by atoms with E-state index >= 15 is 0 Å². The zero-order valence-corrected chi connectivity index (χ0v) is 16.8. The smallest absolute Gasteiger partial charge is 0.115 e. The van der Waals surface area contributed by atoms with E-state index in [-0.39, 0.29) is 17.4 Å². The molecule has 0 saturated heterocycles. The van der Waals surface area contributed by atoms with Crippen molar-refractivity contribution in [3.63, 3.8) is 0 Å².